The van der Waals surface area contributed by atoms with Crippen LogP contribution in [0.1, 0.15) is 32.3 Å². The third kappa shape index (κ3) is 3.58. The van der Waals surface area contributed by atoms with Gasteiger partial charge in [-0.15, -0.1) is 0 Å². The third-order valence-corrected chi connectivity index (χ3v) is 5.12. The summed E-state index contributed by atoms with van der Waals surface area (Å²) in [7, 11) is 1.94. The van der Waals surface area contributed by atoms with Crippen LogP contribution in [0.25, 0.3) is 0 Å². The maximum Gasteiger partial charge on any atom is 0.225 e. The number of aryl methyl sites for hydroxylation is 1. The van der Waals surface area contributed by atoms with Crippen molar-refractivity contribution in [2.75, 3.05) is 26.3 Å². The molecule has 0 unspecified atom stereocenters. The van der Waals surface area contributed by atoms with E-state index in [1.165, 1.54) is 5.56 Å². The average molecular weight is 320 g/mol. The van der Waals surface area contributed by atoms with Crippen LogP contribution in [0, 0.1) is 11.3 Å². The van der Waals surface area contributed by atoms with E-state index in [9.17, 15) is 4.79 Å². The van der Waals surface area contributed by atoms with E-state index >= 15 is 0 Å². The number of amides is 1. The highest BCUT2D eigenvalue weighted by Gasteiger charge is 2.50. The number of carbonyl (C=O) groups excluding carboxylic acids is 1. The fourth-order valence-electron chi connectivity index (χ4n) is 4.03. The number of ether oxygens (including phenoxy) is 1. The predicted octanol–water partition coefficient (Wildman–Crippen LogP) is 1.17. The summed E-state index contributed by atoms with van der Waals surface area (Å²) >= 11 is 0. The van der Waals surface area contributed by atoms with Gasteiger partial charge in [-0.25, -0.2) is 0 Å². The molecule has 1 aromatic heterocycles. The van der Waals surface area contributed by atoms with Crippen LogP contribution in [0.15, 0.2) is 12.4 Å². The molecule has 3 rings (SSSR count). The standard InChI is InChI=1S/C17H28N4O2/c1-13(2)19-16(22)15-11-21(10-14-8-18-20(3)9-14)12-17(15)4-6-23-7-5-17/h8-9,13,15H,4-7,10-12H2,1-3H3,(H,19,22)/t15-/m1/s1. The van der Waals surface area contributed by atoms with Gasteiger partial charge in [0.15, 0.2) is 0 Å². The second-order valence-corrected chi connectivity index (χ2v) is 7.38. The first-order chi connectivity index (χ1) is 11.0. The van der Waals surface area contributed by atoms with E-state index < -0.39 is 0 Å². The molecule has 2 aliphatic rings. The summed E-state index contributed by atoms with van der Waals surface area (Å²) in [5.74, 6) is 0.265. The highest BCUT2D eigenvalue weighted by Crippen LogP contribution is 2.44. The fraction of sp³-hybridized carbons (Fsp3) is 0.765. The van der Waals surface area contributed by atoms with Gasteiger partial charge in [0, 0.05) is 63.1 Å². The average Bonchev–Trinajstić information content (AvgIpc) is 3.04. The predicted molar refractivity (Wildman–Crippen MR) is 87.7 cm³/mol. The minimum absolute atomic E-state index is 0.0606. The Kier molecular flexibility index (Phi) is 4.73. The van der Waals surface area contributed by atoms with Crippen molar-refractivity contribution in [3.8, 4) is 0 Å². The van der Waals surface area contributed by atoms with Gasteiger partial charge in [-0.1, -0.05) is 0 Å². The van der Waals surface area contributed by atoms with Crippen molar-refractivity contribution in [1.82, 2.24) is 20.0 Å². The van der Waals surface area contributed by atoms with E-state index in [1.807, 2.05) is 31.8 Å². The van der Waals surface area contributed by atoms with Crippen molar-refractivity contribution in [2.45, 2.75) is 39.3 Å². The minimum atomic E-state index is 0.0606. The van der Waals surface area contributed by atoms with E-state index in [1.54, 1.807) is 0 Å². The Bertz CT molecular complexity index is 549. The van der Waals surface area contributed by atoms with Gasteiger partial charge in [0.05, 0.1) is 12.1 Å². The molecule has 1 spiro atoms. The first-order valence-electron chi connectivity index (χ1n) is 8.56. The van der Waals surface area contributed by atoms with Crippen LogP contribution >= 0.6 is 0 Å². The van der Waals surface area contributed by atoms with Gasteiger partial charge < -0.3 is 10.1 Å². The molecule has 3 heterocycles. The quantitative estimate of drug-likeness (QED) is 0.905. The van der Waals surface area contributed by atoms with Crippen LogP contribution < -0.4 is 5.32 Å². The number of aromatic nitrogens is 2. The second kappa shape index (κ2) is 6.61. The van der Waals surface area contributed by atoms with Crippen molar-refractivity contribution in [1.29, 1.82) is 0 Å². The monoisotopic (exact) mass is 320 g/mol. The first kappa shape index (κ1) is 16.5. The van der Waals surface area contributed by atoms with E-state index in [-0.39, 0.29) is 23.3 Å². The Morgan fingerprint density at radius 1 is 1.48 bits per heavy atom. The molecule has 23 heavy (non-hydrogen) atoms. The first-order valence-corrected chi connectivity index (χ1v) is 8.56. The topological polar surface area (TPSA) is 59.4 Å². The molecule has 0 saturated carbocycles. The third-order valence-electron chi connectivity index (χ3n) is 5.12. The number of hydrogen-bond acceptors (Lipinski definition) is 4. The molecule has 1 N–H and O–H groups in total. The Balaban J connectivity index is 1.74. The Morgan fingerprint density at radius 2 is 2.22 bits per heavy atom. The van der Waals surface area contributed by atoms with Gasteiger partial charge >= 0.3 is 0 Å². The summed E-state index contributed by atoms with van der Waals surface area (Å²) in [6, 6.07) is 0.187. The summed E-state index contributed by atoms with van der Waals surface area (Å²) < 4.78 is 7.39. The van der Waals surface area contributed by atoms with Crippen molar-refractivity contribution in [3.63, 3.8) is 0 Å². The lowest BCUT2D eigenvalue weighted by atomic mass is 9.71. The number of likely N-dealkylation sites (tertiary alicyclic amines) is 1. The highest BCUT2D eigenvalue weighted by molar-refractivity contribution is 5.80. The smallest absolute Gasteiger partial charge is 0.225 e. The van der Waals surface area contributed by atoms with E-state index in [0.29, 0.717) is 0 Å². The molecule has 1 aromatic rings. The van der Waals surface area contributed by atoms with Crippen LogP contribution in [0.3, 0.4) is 0 Å². The molecule has 0 bridgehead atoms. The molecule has 6 heteroatoms. The molecule has 1 amide bonds. The van der Waals surface area contributed by atoms with Gasteiger partial charge in [0.2, 0.25) is 5.91 Å². The van der Waals surface area contributed by atoms with Crippen LogP contribution in [0.5, 0.6) is 0 Å². The number of carbonyl (C=O) groups is 1. The van der Waals surface area contributed by atoms with E-state index in [0.717, 1.165) is 45.7 Å². The maximum absolute atomic E-state index is 12.7. The summed E-state index contributed by atoms with van der Waals surface area (Å²) in [5.41, 5.74) is 1.28. The van der Waals surface area contributed by atoms with E-state index in [4.69, 9.17) is 4.74 Å². The molecule has 1 atom stereocenters. The van der Waals surface area contributed by atoms with Crippen LogP contribution in [-0.4, -0.2) is 52.9 Å². The molecular weight excluding hydrogens is 292 g/mol. The zero-order valence-corrected chi connectivity index (χ0v) is 14.4. The van der Waals surface area contributed by atoms with Crippen molar-refractivity contribution < 1.29 is 9.53 Å². The lowest BCUT2D eigenvalue weighted by Gasteiger charge is -2.37. The molecule has 6 nitrogen and oxygen atoms in total. The normalized spacial score (nSPS) is 24.4. The number of rotatable bonds is 4. The molecular formula is C17H28N4O2. The second-order valence-electron chi connectivity index (χ2n) is 7.38. The van der Waals surface area contributed by atoms with Gasteiger partial charge in [-0.3, -0.25) is 14.4 Å². The fourth-order valence-corrected chi connectivity index (χ4v) is 4.03. The molecule has 2 aliphatic heterocycles. The SMILES string of the molecule is CC(C)NC(=O)[C@H]1CN(Cc2cnn(C)c2)CC12CCOCC2. The zero-order chi connectivity index (χ0) is 16.4. The van der Waals surface area contributed by atoms with Crippen LogP contribution in [0.2, 0.25) is 0 Å². The molecule has 0 aromatic carbocycles. The molecule has 2 fully saturated rings. The summed E-state index contributed by atoms with van der Waals surface area (Å²) in [4.78, 5) is 15.1. The van der Waals surface area contributed by atoms with Gasteiger partial charge in [-0.05, 0) is 26.7 Å². The minimum Gasteiger partial charge on any atom is -0.381 e. The summed E-state index contributed by atoms with van der Waals surface area (Å²) in [5, 5.41) is 7.37. The Labute approximate surface area is 138 Å². The van der Waals surface area contributed by atoms with Crippen LogP contribution in [0.4, 0.5) is 0 Å². The largest absolute Gasteiger partial charge is 0.381 e. The lowest BCUT2D eigenvalue weighted by molar-refractivity contribution is -0.130. The van der Waals surface area contributed by atoms with Gasteiger partial charge in [0.25, 0.3) is 0 Å². The summed E-state index contributed by atoms with van der Waals surface area (Å²) in [6.45, 7) is 8.25. The summed E-state index contributed by atoms with van der Waals surface area (Å²) in [6.07, 6.45) is 5.93. The molecule has 128 valence electrons. The van der Waals surface area contributed by atoms with Gasteiger partial charge in [-0.2, -0.15) is 5.10 Å². The number of nitrogens with zero attached hydrogens (tertiary/aromatic N) is 3. The molecule has 0 aliphatic carbocycles. The highest BCUT2D eigenvalue weighted by atomic mass is 16.5. The van der Waals surface area contributed by atoms with Gasteiger partial charge in [0.1, 0.15) is 0 Å². The van der Waals surface area contributed by atoms with Crippen molar-refractivity contribution in [2.24, 2.45) is 18.4 Å². The van der Waals surface area contributed by atoms with E-state index in [2.05, 4.69) is 21.5 Å². The zero-order valence-electron chi connectivity index (χ0n) is 14.4. The van der Waals surface area contributed by atoms with Crippen molar-refractivity contribution in [3.05, 3.63) is 18.0 Å². The maximum atomic E-state index is 12.7. The Morgan fingerprint density at radius 3 is 2.83 bits per heavy atom. The van der Waals surface area contributed by atoms with Crippen LogP contribution in [-0.2, 0) is 23.1 Å². The number of nitrogens with one attached hydrogen (secondary N) is 1. The molecule has 0 radical (unpaired) electrons. The Hall–Kier alpha value is -1.40. The molecule has 2 saturated heterocycles. The van der Waals surface area contributed by atoms with Crippen molar-refractivity contribution >= 4 is 5.91 Å². The number of hydrogen-bond donors (Lipinski definition) is 1. The lowest BCUT2D eigenvalue weighted by Crippen LogP contribution is -2.46.